The highest BCUT2D eigenvalue weighted by atomic mass is 16.3. The van der Waals surface area contributed by atoms with E-state index in [0.29, 0.717) is 5.92 Å². The minimum Gasteiger partial charge on any atom is -0.459 e. The lowest BCUT2D eigenvalue weighted by atomic mass is 9.92. The lowest BCUT2D eigenvalue weighted by Gasteiger charge is -2.42. The van der Waals surface area contributed by atoms with Gasteiger partial charge in [0.25, 0.3) is 0 Å². The lowest BCUT2D eigenvalue weighted by molar-refractivity contribution is 0.365. The van der Waals surface area contributed by atoms with E-state index in [1.54, 1.807) is 25.2 Å². The van der Waals surface area contributed by atoms with Crippen LogP contribution in [0.1, 0.15) is 13.3 Å². The van der Waals surface area contributed by atoms with E-state index >= 15 is 0 Å². The third-order valence-electron chi connectivity index (χ3n) is 5.50. The first-order chi connectivity index (χ1) is 13.2. The molecule has 8 nitrogen and oxygen atoms in total. The highest BCUT2D eigenvalue weighted by molar-refractivity contribution is 5.85. The van der Waals surface area contributed by atoms with Crippen molar-refractivity contribution in [3.8, 4) is 0 Å². The SMILES string of the molecule is CC1CCN(c2ncnc3ccoc23)CC1N(C)c1ncnc2ccoc12. The topological polar surface area (TPSA) is 84.3 Å². The summed E-state index contributed by atoms with van der Waals surface area (Å²) in [6, 6.07) is 3.98. The third kappa shape index (κ3) is 2.59. The van der Waals surface area contributed by atoms with Crippen LogP contribution < -0.4 is 9.80 Å². The van der Waals surface area contributed by atoms with Gasteiger partial charge in [0, 0.05) is 32.3 Å². The zero-order valence-corrected chi connectivity index (χ0v) is 15.2. The molecule has 1 saturated heterocycles. The Morgan fingerprint density at radius 2 is 1.70 bits per heavy atom. The molecule has 1 aliphatic heterocycles. The molecule has 0 bridgehead atoms. The van der Waals surface area contributed by atoms with E-state index in [-0.39, 0.29) is 6.04 Å². The Morgan fingerprint density at radius 3 is 2.52 bits per heavy atom. The number of rotatable bonds is 3. The molecule has 2 unspecified atom stereocenters. The number of fused-ring (bicyclic) bond motifs is 2. The predicted molar refractivity (Wildman–Crippen MR) is 102 cm³/mol. The van der Waals surface area contributed by atoms with Gasteiger partial charge in [-0.15, -0.1) is 0 Å². The van der Waals surface area contributed by atoms with Gasteiger partial charge in [-0.25, -0.2) is 19.9 Å². The molecule has 0 N–H and O–H groups in total. The number of piperidine rings is 1. The number of hydrogen-bond acceptors (Lipinski definition) is 8. The average Bonchev–Trinajstić information content (AvgIpc) is 3.36. The normalized spacial score (nSPS) is 20.4. The van der Waals surface area contributed by atoms with Crippen LogP contribution in [-0.4, -0.2) is 46.1 Å². The van der Waals surface area contributed by atoms with Crippen LogP contribution in [0, 0.1) is 5.92 Å². The molecule has 0 aliphatic carbocycles. The summed E-state index contributed by atoms with van der Waals surface area (Å²) in [5, 5.41) is 0. The van der Waals surface area contributed by atoms with Crippen molar-refractivity contribution in [2.24, 2.45) is 5.92 Å². The minimum atomic E-state index is 0.252. The summed E-state index contributed by atoms with van der Waals surface area (Å²) in [7, 11) is 2.07. The van der Waals surface area contributed by atoms with E-state index in [9.17, 15) is 0 Å². The fourth-order valence-corrected chi connectivity index (χ4v) is 3.93. The Morgan fingerprint density at radius 1 is 1.00 bits per heavy atom. The standard InChI is InChI=1S/C19H20N6O2/c1-12-3-6-25(19-17-14(5-8-27-17)21-11-23-19)9-15(12)24(2)18-16-13(4-7-26-16)20-10-22-18/h4-5,7-8,10-12,15H,3,6,9H2,1-2H3. The maximum absolute atomic E-state index is 5.64. The Kier molecular flexibility index (Phi) is 3.70. The van der Waals surface area contributed by atoms with Crippen molar-refractivity contribution in [3.05, 3.63) is 37.3 Å². The Bertz CT molecular complexity index is 1090. The molecule has 4 aromatic heterocycles. The average molecular weight is 364 g/mol. The van der Waals surface area contributed by atoms with Crippen LogP contribution in [-0.2, 0) is 0 Å². The fraction of sp³-hybridized carbons (Fsp3) is 0.368. The van der Waals surface area contributed by atoms with Crippen LogP contribution in [0.5, 0.6) is 0 Å². The first-order valence-corrected chi connectivity index (χ1v) is 9.06. The zero-order chi connectivity index (χ0) is 18.4. The number of furan rings is 2. The smallest absolute Gasteiger partial charge is 0.194 e. The number of hydrogen-bond donors (Lipinski definition) is 0. The number of nitrogens with zero attached hydrogens (tertiary/aromatic N) is 6. The van der Waals surface area contributed by atoms with Crippen LogP contribution in [0.3, 0.4) is 0 Å². The van der Waals surface area contributed by atoms with Crippen molar-refractivity contribution >= 4 is 33.8 Å². The van der Waals surface area contributed by atoms with E-state index in [1.165, 1.54) is 0 Å². The summed E-state index contributed by atoms with van der Waals surface area (Å²) in [4.78, 5) is 22.0. The first-order valence-electron chi connectivity index (χ1n) is 9.06. The van der Waals surface area contributed by atoms with Crippen molar-refractivity contribution in [1.82, 2.24) is 19.9 Å². The monoisotopic (exact) mass is 364 g/mol. The molecule has 0 saturated carbocycles. The first kappa shape index (κ1) is 16.0. The van der Waals surface area contributed by atoms with Gasteiger partial charge in [0.2, 0.25) is 0 Å². The Labute approximate surface area is 155 Å². The molecule has 5 heterocycles. The maximum Gasteiger partial charge on any atom is 0.194 e. The van der Waals surface area contributed by atoms with Crippen LogP contribution in [0.15, 0.2) is 46.1 Å². The second-order valence-electron chi connectivity index (χ2n) is 7.05. The molecule has 5 rings (SSSR count). The summed E-state index contributed by atoms with van der Waals surface area (Å²) >= 11 is 0. The molecule has 27 heavy (non-hydrogen) atoms. The molecule has 138 valence electrons. The van der Waals surface area contributed by atoms with Crippen molar-refractivity contribution in [1.29, 1.82) is 0 Å². The van der Waals surface area contributed by atoms with Gasteiger partial charge in [-0.05, 0) is 12.3 Å². The Hall–Kier alpha value is -3.16. The number of likely N-dealkylation sites (N-methyl/N-ethyl adjacent to an activating group) is 1. The van der Waals surface area contributed by atoms with Crippen molar-refractivity contribution in [2.45, 2.75) is 19.4 Å². The molecule has 1 aliphatic rings. The van der Waals surface area contributed by atoms with Gasteiger partial charge in [0.1, 0.15) is 23.7 Å². The summed E-state index contributed by atoms with van der Waals surface area (Å²) < 4.78 is 11.3. The molecule has 4 aromatic rings. The third-order valence-corrected chi connectivity index (χ3v) is 5.50. The zero-order valence-electron chi connectivity index (χ0n) is 15.2. The van der Waals surface area contributed by atoms with Crippen LogP contribution in [0.4, 0.5) is 11.6 Å². The van der Waals surface area contributed by atoms with Crippen molar-refractivity contribution in [3.63, 3.8) is 0 Å². The van der Waals surface area contributed by atoms with Gasteiger partial charge >= 0.3 is 0 Å². The summed E-state index contributed by atoms with van der Waals surface area (Å²) in [5.74, 6) is 2.16. The van der Waals surface area contributed by atoms with Gasteiger partial charge in [-0.3, -0.25) is 0 Å². The van der Waals surface area contributed by atoms with Crippen molar-refractivity contribution in [2.75, 3.05) is 29.9 Å². The van der Waals surface area contributed by atoms with E-state index in [1.807, 2.05) is 12.1 Å². The van der Waals surface area contributed by atoms with Crippen LogP contribution in [0.25, 0.3) is 22.2 Å². The van der Waals surface area contributed by atoms with E-state index in [0.717, 1.165) is 53.3 Å². The molecule has 2 atom stereocenters. The molecular formula is C19H20N6O2. The van der Waals surface area contributed by atoms with E-state index in [4.69, 9.17) is 8.83 Å². The summed E-state index contributed by atoms with van der Waals surface area (Å²) in [5.41, 5.74) is 3.11. The maximum atomic E-state index is 5.64. The predicted octanol–water partition coefficient (Wildman–Crippen LogP) is 3.11. The lowest BCUT2D eigenvalue weighted by Crippen LogP contribution is -2.51. The number of aromatic nitrogens is 4. The molecule has 8 heteroatoms. The second-order valence-corrected chi connectivity index (χ2v) is 7.05. The number of anilines is 2. The van der Waals surface area contributed by atoms with Crippen LogP contribution >= 0.6 is 0 Å². The highest BCUT2D eigenvalue weighted by Crippen LogP contribution is 2.32. The molecule has 1 fully saturated rings. The van der Waals surface area contributed by atoms with Gasteiger partial charge in [0.15, 0.2) is 22.8 Å². The van der Waals surface area contributed by atoms with Crippen molar-refractivity contribution < 1.29 is 8.83 Å². The summed E-state index contributed by atoms with van der Waals surface area (Å²) in [6.45, 7) is 4.02. The van der Waals surface area contributed by atoms with Gasteiger partial charge < -0.3 is 18.6 Å². The van der Waals surface area contributed by atoms with E-state index in [2.05, 4.69) is 43.7 Å². The van der Waals surface area contributed by atoms with Gasteiger partial charge in [-0.1, -0.05) is 6.92 Å². The largest absolute Gasteiger partial charge is 0.459 e. The molecule has 0 radical (unpaired) electrons. The quantitative estimate of drug-likeness (QED) is 0.548. The second kappa shape index (κ2) is 6.22. The summed E-state index contributed by atoms with van der Waals surface area (Å²) in [6.07, 6.45) is 7.55. The van der Waals surface area contributed by atoms with E-state index < -0.39 is 0 Å². The molecular weight excluding hydrogens is 344 g/mol. The van der Waals surface area contributed by atoms with Gasteiger partial charge in [0.05, 0.1) is 18.6 Å². The van der Waals surface area contributed by atoms with Gasteiger partial charge in [-0.2, -0.15) is 0 Å². The molecule has 0 spiro atoms. The fourth-order valence-electron chi connectivity index (χ4n) is 3.93. The molecule has 0 aromatic carbocycles. The van der Waals surface area contributed by atoms with Crippen LogP contribution in [0.2, 0.25) is 0 Å². The minimum absolute atomic E-state index is 0.252. The molecule has 0 amide bonds. The highest BCUT2D eigenvalue weighted by Gasteiger charge is 2.32. The Balaban J connectivity index is 1.49.